The van der Waals surface area contributed by atoms with Crippen molar-refractivity contribution in [1.29, 1.82) is 0 Å². The van der Waals surface area contributed by atoms with E-state index in [1.807, 2.05) is 0 Å². The number of allylic oxidation sites excluding steroid dienone is 1. The van der Waals surface area contributed by atoms with Gasteiger partial charge in [-0.15, -0.1) is 0 Å². The van der Waals surface area contributed by atoms with E-state index in [1.54, 1.807) is 13.0 Å². The lowest BCUT2D eigenvalue weighted by molar-refractivity contribution is -0.132. The molecule has 0 unspecified atom stereocenters. The zero-order valence-corrected chi connectivity index (χ0v) is 8.38. The van der Waals surface area contributed by atoms with Crippen molar-refractivity contribution in [1.82, 2.24) is 0 Å². The third-order valence-electron chi connectivity index (χ3n) is 2.83. The minimum Gasteiger partial charge on any atom is -0.478 e. The van der Waals surface area contributed by atoms with Gasteiger partial charge in [0.15, 0.2) is 0 Å². The van der Waals surface area contributed by atoms with E-state index in [2.05, 4.69) is 0 Å². The Balaban J connectivity index is 2.57. The minimum absolute atomic E-state index is 0.264. The predicted molar refractivity (Wildman–Crippen MR) is 55.0 cm³/mol. The normalized spacial score (nSPS) is 15.1. The Hall–Kier alpha value is -1.64. The standard InChI is InChI=1S/C12H11FO2/c1-7-10-5-3-9(13)6-8(10)2-4-11(7)12(14)15/h3,5-6H,2,4H2,1H3,(H,14,15). The van der Waals surface area contributed by atoms with Crippen molar-refractivity contribution in [3.8, 4) is 0 Å². The van der Waals surface area contributed by atoms with Crippen molar-refractivity contribution in [3.05, 3.63) is 40.7 Å². The van der Waals surface area contributed by atoms with Crippen LogP contribution in [0.15, 0.2) is 23.8 Å². The van der Waals surface area contributed by atoms with Gasteiger partial charge in [0.25, 0.3) is 0 Å². The molecule has 0 aliphatic heterocycles. The molecule has 0 saturated carbocycles. The quantitative estimate of drug-likeness (QED) is 0.766. The lowest BCUT2D eigenvalue weighted by atomic mass is 9.86. The third-order valence-corrected chi connectivity index (χ3v) is 2.83. The molecule has 0 heterocycles. The second-order valence-electron chi connectivity index (χ2n) is 3.71. The van der Waals surface area contributed by atoms with E-state index in [0.29, 0.717) is 18.4 Å². The van der Waals surface area contributed by atoms with Crippen LogP contribution in [-0.2, 0) is 11.2 Å². The topological polar surface area (TPSA) is 37.3 Å². The summed E-state index contributed by atoms with van der Waals surface area (Å²) in [6.07, 6.45) is 1.09. The van der Waals surface area contributed by atoms with Gasteiger partial charge in [0.05, 0.1) is 0 Å². The number of aryl methyl sites for hydroxylation is 1. The van der Waals surface area contributed by atoms with Gasteiger partial charge in [0.2, 0.25) is 0 Å². The Labute approximate surface area is 87.0 Å². The van der Waals surface area contributed by atoms with E-state index >= 15 is 0 Å². The van der Waals surface area contributed by atoms with Gasteiger partial charge in [-0.1, -0.05) is 6.07 Å². The van der Waals surface area contributed by atoms with Gasteiger partial charge in [0, 0.05) is 5.57 Å². The highest BCUT2D eigenvalue weighted by Gasteiger charge is 2.20. The van der Waals surface area contributed by atoms with E-state index < -0.39 is 5.97 Å². The number of rotatable bonds is 1. The van der Waals surface area contributed by atoms with Gasteiger partial charge in [-0.2, -0.15) is 0 Å². The molecule has 0 aromatic heterocycles. The van der Waals surface area contributed by atoms with E-state index in [9.17, 15) is 9.18 Å². The molecule has 0 atom stereocenters. The van der Waals surface area contributed by atoms with Crippen LogP contribution in [0.25, 0.3) is 5.57 Å². The number of aliphatic carboxylic acids is 1. The largest absolute Gasteiger partial charge is 0.478 e. The summed E-state index contributed by atoms with van der Waals surface area (Å²) < 4.78 is 12.9. The molecule has 1 aromatic carbocycles. The van der Waals surface area contributed by atoms with Gasteiger partial charge in [0.1, 0.15) is 5.82 Å². The zero-order valence-electron chi connectivity index (χ0n) is 8.38. The summed E-state index contributed by atoms with van der Waals surface area (Å²) in [4.78, 5) is 10.9. The maximum Gasteiger partial charge on any atom is 0.331 e. The summed E-state index contributed by atoms with van der Waals surface area (Å²) in [5.74, 6) is -1.14. The smallest absolute Gasteiger partial charge is 0.331 e. The molecule has 0 saturated heterocycles. The first-order valence-electron chi connectivity index (χ1n) is 4.81. The average Bonchev–Trinajstić information content (AvgIpc) is 2.17. The van der Waals surface area contributed by atoms with Crippen LogP contribution in [0.2, 0.25) is 0 Å². The Kier molecular flexibility index (Phi) is 2.31. The molecule has 1 aromatic rings. The molecular formula is C12H11FO2. The molecule has 0 spiro atoms. The fraction of sp³-hybridized carbons (Fsp3) is 0.250. The molecule has 2 rings (SSSR count). The van der Waals surface area contributed by atoms with Gasteiger partial charge >= 0.3 is 5.97 Å². The van der Waals surface area contributed by atoms with Crippen LogP contribution in [0.5, 0.6) is 0 Å². The van der Waals surface area contributed by atoms with Gasteiger partial charge < -0.3 is 5.11 Å². The summed E-state index contributed by atoms with van der Waals surface area (Å²) in [6.45, 7) is 1.78. The molecule has 2 nitrogen and oxygen atoms in total. The second-order valence-corrected chi connectivity index (χ2v) is 3.71. The summed E-state index contributed by atoms with van der Waals surface area (Å²) >= 11 is 0. The van der Waals surface area contributed by atoms with Crippen molar-refractivity contribution in [2.75, 3.05) is 0 Å². The number of fused-ring (bicyclic) bond motifs is 1. The first-order valence-corrected chi connectivity index (χ1v) is 4.81. The minimum atomic E-state index is -0.873. The third kappa shape index (κ3) is 1.65. The molecule has 1 aliphatic carbocycles. The molecule has 0 bridgehead atoms. The predicted octanol–water partition coefficient (Wildman–Crippen LogP) is 2.63. The highest BCUT2D eigenvalue weighted by atomic mass is 19.1. The molecule has 1 N–H and O–H groups in total. The molecule has 3 heteroatoms. The number of benzene rings is 1. The maximum absolute atomic E-state index is 12.9. The number of halogens is 1. The van der Waals surface area contributed by atoms with Crippen molar-refractivity contribution >= 4 is 11.5 Å². The number of carboxylic acids is 1. The van der Waals surface area contributed by atoms with Crippen LogP contribution in [0.3, 0.4) is 0 Å². The number of hydrogen-bond acceptors (Lipinski definition) is 1. The van der Waals surface area contributed by atoms with Crippen LogP contribution in [0.4, 0.5) is 4.39 Å². The van der Waals surface area contributed by atoms with Gasteiger partial charge in [-0.25, -0.2) is 9.18 Å². The fourth-order valence-corrected chi connectivity index (χ4v) is 2.01. The van der Waals surface area contributed by atoms with Crippen molar-refractivity contribution in [3.63, 3.8) is 0 Å². The fourth-order valence-electron chi connectivity index (χ4n) is 2.01. The Morgan fingerprint density at radius 3 is 2.80 bits per heavy atom. The maximum atomic E-state index is 12.9. The summed E-state index contributed by atoms with van der Waals surface area (Å²) in [5.41, 5.74) is 2.95. The van der Waals surface area contributed by atoms with Crippen molar-refractivity contribution in [2.24, 2.45) is 0 Å². The van der Waals surface area contributed by atoms with Crippen LogP contribution >= 0.6 is 0 Å². The Bertz CT molecular complexity index is 461. The van der Waals surface area contributed by atoms with E-state index in [-0.39, 0.29) is 5.82 Å². The van der Waals surface area contributed by atoms with Gasteiger partial charge in [-0.3, -0.25) is 0 Å². The molecular weight excluding hydrogens is 195 g/mol. The highest BCUT2D eigenvalue weighted by Crippen LogP contribution is 2.31. The molecule has 0 amide bonds. The number of carbonyl (C=O) groups is 1. The van der Waals surface area contributed by atoms with Crippen molar-refractivity contribution < 1.29 is 14.3 Å². The molecule has 15 heavy (non-hydrogen) atoms. The molecule has 0 fully saturated rings. The zero-order chi connectivity index (χ0) is 11.0. The summed E-state index contributed by atoms with van der Waals surface area (Å²) in [6, 6.07) is 4.51. The first kappa shape index (κ1) is 9.90. The number of carboxylic acid groups (broad SMARTS) is 1. The highest BCUT2D eigenvalue weighted by molar-refractivity contribution is 5.97. The number of hydrogen-bond donors (Lipinski definition) is 1. The molecule has 1 aliphatic rings. The van der Waals surface area contributed by atoms with Crippen LogP contribution in [0.1, 0.15) is 24.5 Å². The monoisotopic (exact) mass is 206 g/mol. The molecule has 0 radical (unpaired) electrons. The molecule has 78 valence electrons. The lowest BCUT2D eigenvalue weighted by Gasteiger charge is -2.18. The van der Waals surface area contributed by atoms with Gasteiger partial charge in [-0.05, 0) is 48.6 Å². The second kappa shape index (κ2) is 3.50. The Morgan fingerprint density at radius 1 is 1.40 bits per heavy atom. The van der Waals surface area contributed by atoms with E-state index in [1.165, 1.54) is 12.1 Å². The average molecular weight is 206 g/mol. The van der Waals surface area contributed by atoms with Crippen molar-refractivity contribution in [2.45, 2.75) is 19.8 Å². The Morgan fingerprint density at radius 2 is 2.13 bits per heavy atom. The summed E-state index contributed by atoms with van der Waals surface area (Å²) in [5, 5.41) is 8.96. The SMILES string of the molecule is CC1=C(C(=O)O)CCc2cc(F)ccc21. The van der Waals surface area contributed by atoms with Crippen LogP contribution in [0, 0.1) is 5.82 Å². The van der Waals surface area contributed by atoms with E-state index in [0.717, 1.165) is 16.7 Å². The lowest BCUT2D eigenvalue weighted by Crippen LogP contribution is -2.10. The van der Waals surface area contributed by atoms with Crippen LogP contribution in [-0.4, -0.2) is 11.1 Å². The first-order chi connectivity index (χ1) is 7.09. The van der Waals surface area contributed by atoms with Crippen LogP contribution < -0.4 is 0 Å². The summed E-state index contributed by atoms with van der Waals surface area (Å²) in [7, 11) is 0. The van der Waals surface area contributed by atoms with E-state index in [4.69, 9.17) is 5.11 Å².